The van der Waals surface area contributed by atoms with Crippen LogP contribution in [-0.2, 0) is 6.54 Å². The molecule has 8 nitrogen and oxygen atoms in total. The van der Waals surface area contributed by atoms with E-state index >= 15 is 0 Å². The molecule has 4 rings (SSSR count). The Morgan fingerprint density at radius 3 is 3.12 bits per heavy atom. The van der Waals surface area contributed by atoms with E-state index in [0.29, 0.717) is 11.4 Å². The van der Waals surface area contributed by atoms with Crippen molar-refractivity contribution >= 4 is 17.3 Å². The number of rotatable bonds is 5. The van der Waals surface area contributed by atoms with E-state index in [4.69, 9.17) is 0 Å². The molecule has 3 aromatic heterocycles. The molecule has 0 radical (unpaired) electrons. The zero-order valence-electron chi connectivity index (χ0n) is 13.0. The van der Waals surface area contributed by atoms with Crippen LogP contribution in [0.1, 0.15) is 5.69 Å². The zero-order valence-corrected chi connectivity index (χ0v) is 13.0. The molecule has 0 spiro atoms. The minimum absolute atomic E-state index is 0.626. The number of hydrogen-bond acceptors (Lipinski definition) is 6. The maximum absolute atomic E-state index is 4.67. The first-order valence-electron chi connectivity index (χ1n) is 7.54. The second-order valence-electron chi connectivity index (χ2n) is 5.19. The third-order valence-corrected chi connectivity index (χ3v) is 3.80. The molecule has 0 fully saturated rings. The summed E-state index contributed by atoms with van der Waals surface area (Å²) < 4.78 is 3.85. The molecule has 4 heterocycles. The summed E-state index contributed by atoms with van der Waals surface area (Å²) in [6.07, 6.45) is 6.70. The quantitative estimate of drug-likeness (QED) is 0.551. The number of anilines is 1. The Morgan fingerprint density at radius 1 is 1.38 bits per heavy atom. The monoisotopic (exact) mass is 320 g/mol. The Labute approximate surface area is 138 Å². The molecule has 1 aliphatic heterocycles. The number of hydrazone groups is 1. The van der Waals surface area contributed by atoms with Crippen molar-refractivity contribution in [3.63, 3.8) is 0 Å². The Kier molecular flexibility index (Phi) is 3.34. The van der Waals surface area contributed by atoms with Gasteiger partial charge >= 0.3 is 0 Å². The standard InChI is InChI=1S/C16H16N8/c1-3-11(21-19-4-2)14-15(23-9-7-18-16(23)20-14)12-5-6-13-17-8-10-24(13)22-12/h3-6,8,10,19H,1-2,7,9H2,(H,18,20)/b21-11+. The lowest BCUT2D eigenvalue weighted by atomic mass is 10.1. The fraction of sp³-hybridized carbons (Fsp3) is 0.125. The van der Waals surface area contributed by atoms with Gasteiger partial charge in [-0.25, -0.2) is 14.5 Å². The molecule has 0 unspecified atom stereocenters. The summed E-state index contributed by atoms with van der Waals surface area (Å²) in [5, 5.41) is 12.2. The summed E-state index contributed by atoms with van der Waals surface area (Å²) in [5.74, 6) is 0.806. The molecule has 120 valence electrons. The van der Waals surface area contributed by atoms with E-state index in [0.717, 1.165) is 36.1 Å². The highest BCUT2D eigenvalue weighted by Gasteiger charge is 2.25. The van der Waals surface area contributed by atoms with Crippen LogP contribution in [0.15, 0.2) is 55.1 Å². The van der Waals surface area contributed by atoms with Gasteiger partial charge in [0.1, 0.15) is 17.1 Å². The summed E-state index contributed by atoms with van der Waals surface area (Å²) in [6.45, 7) is 9.11. The lowest BCUT2D eigenvalue weighted by molar-refractivity contribution is 0.807. The number of nitrogens with one attached hydrogen (secondary N) is 2. The van der Waals surface area contributed by atoms with Gasteiger partial charge in [0.25, 0.3) is 0 Å². The van der Waals surface area contributed by atoms with Gasteiger partial charge in [0.15, 0.2) is 5.65 Å². The van der Waals surface area contributed by atoms with Gasteiger partial charge in [-0.3, -0.25) is 5.43 Å². The summed E-state index contributed by atoms with van der Waals surface area (Å²) in [7, 11) is 0. The number of allylic oxidation sites excluding steroid dienone is 1. The SMILES string of the molecule is C=CN/N=C(\C=C)c1nc2n(c1-c1ccc3nccn3n1)CCN2. The number of fused-ring (bicyclic) bond motifs is 2. The van der Waals surface area contributed by atoms with Crippen molar-refractivity contribution in [1.82, 2.24) is 29.6 Å². The summed E-state index contributed by atoms with van der Waals surface area (Å²) in [5.41, 5.74) is 6.58. The van der Waals surface area contributed by atoms with Gasteiger partial charge in [-0.2, -0.15) is 10.2 Å². The van der Waals surface area contributed by atoms with Gasteiger partial charge in [0.2, 0.25) is 5.95 Å². The van der Waals surface area contributed by atoms with E-state index in [1.54, 1.807) is 16.8 Å². The van der Waals surface area contributed by atoms with Crippen LogP contribution in [0.5, 0.6) is 0 Å². The number of hydrogen-bond donors (Lipinski definition) is 2. The second kappa shape index (κ2) is 5.65. The molecule has 0 amide bonds. The summed E-state index contributed by atoms with van der Waals surface area (Å²) >= 11 is 0. The first-order valence-corrected chi connectivity index (χ1v) is 7.54. The first kappa shape index (κ1) is 14.2. The molecular formula is C16H16N8. The molecule has 24 heavy (non-hydrogen) atoms. The van der Waals surface area contributed by atoms with E-state index in [1.807, 2.05) is 18.3 Å². The predicted molar refractivity (Wildman–Crippen MR) is 92.8 cm³/mol. The van der Waals surface area contributed by atoms with Gasteiger partial charge in [-0.1, -0.05) is 13.2 Å². The molecule has 0 aromatic carbocycles. The van der Waals surface area contributed by atoms with Crippen LogP contribution in [-0.4, -0.2) is 36.4 Å². The lowest BCUT2D eigenvalue weighted by Gasteiger charge is -2.07. The van der Waals surface area contributed by atoms with Crippen molar-refractivity contribution in [2.75, 3.05) is 11.9 Å². The van der Waals surface area contributed by atoms with Crippen LogP contribution in [0.4, 0.5) is 5.95 Å². The molecule has 0 saturated heterocycles. The zero-order chi connectivity index (χ0) is 16.5. The van der Waals surface area contributed by atoms with Gasteiger partial charge in [0, 0.05) is 31.7 Å². The summed E-state index contributed by atoms with van der Waals surface area (Å²) in [4.78, 5) is 8.90. The smallest absolute Gasteiger partial charge is 0.204 e. The molecule has 0 saturated carbocycles. The van der Waals surface area contributed by atoms with Gasteiger partial charge < -0.3 is 9.88 Å². The van der Waals surface area contributed by atoms with Gasteiger partial charge in [0.05, 0.1) is 5.69 Å². The van der Waals surface area contributed by atoms with Crippen LogP contribution in [0.2, 0.25) is 0 Å². The highest BCUT2D eigenvalue weighted by molar-refractivity contribution is 6.10. The van der Waals surface area contributed by atoms with Crippen molar-refractivity contribution in [3.8, 4) is 11.4 Å². The summed E-state index contributed by atoms with van der Waals surface area (Å²) in [6, 6.07) is 3.87. The Morgan fingerprint density at radius 2 is 2.29 bits per heavy atom. The van der Waals surface area contributed by atoms with Crippen molar-refractivity contribution in [2.24, 2.45) is 5.10 Å². The molecule has 3 aromatic rings. The average molecular weight is 320 g/mol. The minimum Gasteiger partial charge on any atom is -0.354 e. The van der Waals surface area contributed by atoms with Crippen molar-refractivity contribution in [1.29, 1.82) is 0 Å². The maximum atomic E-state index is 4.67. The topological polar surface area (TPSA) is 84.4 Å². The minimum atomic E-state index is 0.626. The van der Waals surface area contributed by atoms with E-state index in [9.17, 15) is 0 Å². The number of aromatic nitrogens is 5. The third-order valence-electron chi connectivity index (χ3n) is 3.80. The number of imidazole rings is 2. The second-order valence-corrected chi connectivity index (χ2v) is 5.19. The normalized spacial score (nSPS) is 13.6. The fourth-order valence-corrected chi connectivity index (χ4v) is 2.78. The first-order chi connectivity index (χ1) is 11.8. The highest BCUT2D eigenvalue weighted by Crippen LogP contribution is 2.29. The van der Waals surface area contributed by atoms with Crippen LogP contribution in [0.25, 0.3) is 17.0 Å². The van der Waals surface area contributed by atoms with Gasteiger partial charge in [-0.15, -0.1) is 0 Å². The molecule has 0 aliphatic carbocycles. The van der Waals surface area contributed by atoms with Crippen molar-refractivity contribution in [2.45, 2.75) is 6.54 Å². The maximum Gasteiger partial charge on any atom is 0.204 e. The predicted octanol–water partition coefficient (Wildman–Crippen LogP) is 1.64. The van der Waals surface area contributed by atoms with Crippen LogP contribution in [0, 0.1) is 0 Å². The van der Waals surface area contributed by atoms with Crippen molar-refractivity contribution < 1.29 is 0 Å². The van der Waals surface area contributed by atoms with E-state index < -0.39 is 0 Å². The average Bonchev–Trinajstić information content (AvgIpc) is 3.30. The molecule has 1 aliphatic rings. The van der Waals surface area contributed by atoms with Crippen LogP contribution in [0.3, 0.4) is 0 Å². The molecule has 8 heteroatoms. The molecule has 2 N–H and O–H groups in total. The van der Waals surface area contributed by atoms with Crippen molar-refractivity contribution in [3.05, 3.63) is 55.7 Å². The largest absolute Gasteiger partial charge is 0.354 e. The Hall–Kier alpha value is -3.42. The van der Waals surface area contributed by atoms with E-state index in [2.05, 4.69) is 48.6 Å². The Balaban J connectivity index is 1.92. The molecular weight excluding hydrogens is 304 g/mol. The van der Waals surface area contributed by atoms with E-state index in [-0.39, 0.29) is 0 Å². The lowest BCUT2D eigenvalue weighted by Crippen LogP contribution is -2.09. The number of nitrogens with zero attached hydrogens (tertiary/aromatic N) is 6. The molecule has 0 atom stereocenters. The highest BCUT2D eigenvalue weighted by atomic mass is 15.3. The fourth-order valence-electron chi connectivity index (χ4n) is 2.78. The van der Waals surface area contributed by atoms with Crippen LogP contribution < -0.4 is 10.7 Å². The van der Waals surface area contributed by atoms with Gasteiger partial charge in [-0.05, 0) is 18.2 Å². The Bertz CT molecular complexity index is 962. The van der Waals surface area contributed by atoms with Crippen LogP contribution >= 0.6 is 0 Å². The van der Waals surface area contributed by atoms with E-state index in [1.165, 1.54) is 6.20 Å². The molecule has 0 bridgehead atoms. The third kappa shape index (κ3) is 2.16.